The first-order chi connectivity index (χ1) is 15.8. The highest BCUT2D eigenvalue weighted by molar-refractivity contribution is 6.39. The fourth-order valence-corrected chi connectivity index (χ4v) is 3.68. The molecule has 0 atom stereocenters. The van der Waals surface area contributed by atoms with Crippen molar-refractivity contribution in [1.29, 1.82) is 0 Å². The van der Waals surface area contributed by atoms with Gasteiger partial charge in [0.2, 0.25) is 0 Å². The van der Waals surface area contributed by atoms with Crippen LogP contribution in [0.25, 0.3) is 6.08 Å². The Kier molecular flexibility index (Phi) is 6.29. The standard InChI is InChI=1S/C26H21ClN2O4/c1-16-11-12-17(2)22(13-16)29-25(31)20(24(30)28-26(29)32)14-18-7-4-6-10-23(18)33-15-19-8-3-5-9-21(19)27/h3-14H,15H2,1-2H3,(H,28,30,32)/b20-14+. The van der Waals surface area contributed by atoms with Gasteiger partial charge in [0.25, 0.3) is 11.8 Å². The number of carbonyl (C=O) groups excluding carboxylic acids is 3. The molecule has 1 aliphatic heterocycles. The van der Waals surface area contributed by atoms with Crippen molar-refractivity contribution < 1.29 is 19.1 Å². The lowest BCUT2D eigenvalue weighted by atomic mass is 10.0. The Bertz CT molecular complexity index is 1300. The highest BCUT2D eigenvalue weighted by Gasteiger charge is 2.37. The highest BCUT2D eigenvalue weighted by atomic mass is 35.5. The van der Waals surface area contributed by atoms with Crippen LogP contribution in [-0.2, 0) is 16.2 Å². The minimum Gasteiger partial charge on any atom is -0.488 e. The summed E-state index contributed by atoms with van der Waals surface area (Å²) in [6.07, 6.45) is 1.43. The summed E-state index contributed by atoms with van der Waals surface area (Å²) in [5.41, 5.74) is 3.22. The number of barbiturate groups is 1. The van der Waals surface area contributed by atoms with Crippen molar-refractivity contribution in [2.24, 2.45) is 0 Å². The molecule has 0 bridgehead atoms. The zero-order chi connectivity index (χ0) is 23.5. The van der Waals surface area contributed by atoms with Crippen LogP contribution in [0.3, 0.4) is 0 Å². The fourth-order valence-electron chi connectivity index (χ4n) is 3.49. The molecule has 1 heterocycles. The number of hydrogen-bond donors (Lipinski definition) is 1. The molecule has 33 heavy (non-hydrogen) atoms. The zero-order valence-electron chi connectivity index (χ0n) is 18.1. The lowest BCUT2D eigenvalue weighted by Gasteiger charge is -2.28. The number of carbonyl (C=O) groups is 3. The third-order valence-corrected chi connectivity index (χ3v) is 5.64. The molecule has 6 nitrogen and oxygen atoms in total. The molecular formula is C26H21ClN2O4. The van der Waals surface area contributed by atoms with Crippen molar-refractivity contribution in [2.45, 2.75) is 20.5 Å². The molecule has 1 aliphatic rings. The van der Waals surface area contributed by atoms with E-state index in [0.29, 0.717) is 22.0 Å². The summed E-state index contributed by atoms with van der Waals surface area (Å²) < 4.78 is 5.93. The quantitative estimate of drug-likeness (QED) is 0.419. The summed E-state index contributed by atoms with van der Waals surface area (Å²) in [4.78, 5) is 39.4. The van der Waals surface area contributed by atoms with E-state index in [-0.39, 0.29) is 12.2 Å². The van der Waals surface area contributed by atoms with E-state index in [4.69, 9.17) is 16.3 Å². The second kappa shape index (κ2) is 9.30. The number of nitrogens with zero attached hydrogens (tertiary/aromatic N) is 1. The number of aryl methyl sites for hydroxylation is 2. The predicted octanol–water partition coefficient (Wildman–Crippen LogP) is 5.20. The molecule has 1 N–H and O–H groups in total. The number of rotatable bonds is 5. The van der Waals surface area contributed by atoms with E-state index in [1.165, 1.54) is 6.08 Å². The number of para-hydroxylation sites is 1. The Labute approximate surface area is 196 Å². The van der Waals surface area contributed by atoms with Gasteiger partial charge in [0, 0.05) is 16.1 Å². The lowest BCUT2D eigenvalue weighted by Crippen LogP contribution is -2.54. The van der Waals surface area contributed by atoms with Gasteiger partial charge in [0.1, 0.15) is 17.9 Å². The van der Waals surface area contributed by atoms with Crippen molar-refractivity contribution in [3.8, 4) is 5.75 Å². The van der Waals surface area contributed by atoms with Gasteiger partial charge >= 0.3 is 6.03 Å². The SMILES string of the molecule is Cc1ccc(C)c(N2C(=O)NC(=O)/C(=C\c3ccccc3OCc3ccccc3Cl)C2=O)c1. The van der Waals surface area contributed by atoms with Crippen LogP contribution in [0.4, 0.5) is 10.5 Å². The molecule has 166 valence electrons. The van der Waals surface area contributed by atoms with Crippen LogP contribution in [0.2, 0.25) is 5.02 Å². The summed E-state index contributed by atoms with van der Waals surface area (Å²) in [5, 5.41) is 2.84. The third kappa shape index (κ3) is 4.66. The van der Waals surface area contributed by atoms with E-state index in [1.807, 2.05) is 37.3 Å². The Morgan fingerprint density at radius 1 is 0.970 bits per heavy atom. The maximum absolute atomic E-state index is 13.3. The first kappa shape index (κ1) is 22.3. The molecule has 4 rings (SSSR count). The molecule has 0 spiro atoms. The topological polar surface area (TPSA) is 75.7 Å². The van der Waals surface area contributed by atoms with Gasteiger partial charge in [-0.25, -0.2) is 9.69 Å². The van der Waals surface area contributed by atoms with Crippen molar-refractivity contribution >= 4 is 41.2 Å². The zero-order valence-corrected chi connectivity index (χ0v) is 18.8. The second-order valence-electron chi connectivity index (χ2n) is 7.67. The minimum atomic E-state index is -0.779. The molecule has 0 unspecified atom stereocenters. The van der Waals surface area contributed by atoms with Crippen LogP contribution in [0, 0.1) is 13.8 Å². The number of imide groups is 2. The predicted molar refractivity (Wildman–Crippen MR) is 127 cm³/mol. The third-order valence-electron chi connectivity index (χ3n) is 5.27. The number of benzene rings is 3. The largest absolute Gasteiger partial charge is 0.488 e. The Hall–Kier alpha value is -3.90. The molecule has 3 aromatic carbocycles. The molecule has 0 radical (unpaired) electrons. The van der Waals surface area contributed by atoms with Crippen molar-refractivity contribution in [3.05, 3.63) is 99.6 Å². The molecule has 0 aliphatic carbocycles. The van der Waals surface area contributed by atoms with Crippen molar-refractivity contribution in [1.82, 2.24) is 5.32 Å². The summed E-state index contributed by atoms with van der Waals surface area (Å²) in [7, 11) is 0. The van der Waals surface area contributed by atoms with Gasteiger partial charge in [0.05, 0.1) is 5.69 Å². The monoisotopic (exact) mass is 460 g/mol. The van der Waals surface area contributed by atoms with Gasteiger partial charge in [-0.3, -0.25) is 14.9 Å². The van der Waals surface area contributed by atoms with E-state index in [2.05, 4.69) is 5.32 Å². The lowest BCUT2D eigenvalue weighted by molar-refractivity contribution is -0.122. The summed E-state index contributed by atoms with van der Waals surface area (Å²) >= 11 is 6.21. The summed E-state index contributed by atoms with van der Waals surface area (Å²) in [6, 6.07) is 19.0. The first-order valence-electron chi connectivity index (χ1n) is 10.3. The number of nitrogens with one attached hydrogen (secondary N) is 1. The Morgan fingerprint density at radius 2 is 1.70 bits per heavy atom. The average molecular weight is 461 g/mol. The van der Waals surface area contributed by atoms with Gasteiger partial charge in [-0.1, -0.05) is 60.1 Å². The average Bonchev–Trinajstić information content (AvgIpc) is 2.79. The van der Waals surface area contributed by atoms with Crippen LogP contribution in [-0.4, -0.2) is 17.8 Å². The Balaban J connectivity index is 1.67. The molecule has 1 saturated heterocycles. The van der Waals surface area contributed by atoms with E-state index < -0.39 is 17.8 Å². The number of urea groups is 1. The number of ether oxygens (including phenoxy) is 1. The van der Waals surface area contributed by atoms with Crippen LogP contribution >= 0.6 is 11.6 Å². The molecule has 0 aromatic heterocycles. The van der Waals surface area contributed by atoms with E-state index in [9.17, 15) is 14.4 Å². The first-order valence-corrected chi connectivity index (χ1v) is 10.7. The smallest absolute Gasteiger partial charge is 0.335 e. The number of hydrogen-bond acceptors (Lipinski definition) is 4. The summed E-state index contributed by atoms with van der Waals surface area (Å²) in [5.74, 6) is -0.980. The van der Waals surface area contributed by atoms with Gasteiger partial charge in [0.15, 0.2) is 0 Å². The number of halogens is 1. The normalized spacial score (nSPS) is 15.1. The highest BCUT2D eigenvalue weighted by Crippen LogP contribution is 2.28. The number of anilines is 1. The maximum Gasteiger partial charge on any atom is 0.335 e. The van der Waals surface area contributed by atoms with Crippen LogP contribution < -0.4 is 15.0 Å². The molecule has 3 aromatic rings. The van der Waals surface area contributed by atoms with Crippen LogP contribution in [0.5, 0.6) is 5.75 Å². The second-order valence-corrected chi connectivity index (χ2v) is 8.07. The molecule has 1 fully saturated rings. The molecule has 4 amide bonds. The van der Waals surface area contributed by atoms with Gasteiger partial charge in [-0.15, -0.1) is 0 Å². The molecule has 7 heteroatoms. The Morgan fingerprint density at radius 3 is 2.48 bits per heavy atom. The van der Waals surface area contributed by atoms with Crippen molar-refractivity contribution in [2.75, 3.05) is 4.90 Å². The van der Waals surface area contributed by atoms with E-state index >= 15 is 0 Å². The number of amides is 4. The minimum absolute atomic E-state index is 0.163. The molecule has 0 saturated carbocycles. The fraction of sp³-hybridized carbons (Fsp3) is 0.115. The van der Waals surface area contributed by atoms with E-state index in [1.54, 1.807) is 43.3 Å². The molecular weight excluding hydrogens is 440 g/mol. The van der Waals surface area contributed by atoms with Crippen molar-refractivity contribution in [3.63, 3.8) is 0 Å². The van der Waals surface area contributed by atoms with Crippen LogP contribution in [0.1, 0.15) is 22.3 Å². The van der Waals surface area contributed by atoms with Crippen LogP contribution in [0.15, 0.2) is 72.3 Å². The maximum atomic E-state index is 13.3. The van der Waals surface area contributed by atoms with Gasteiger partial charge in [-0.05, 0) is 49.2 Å². The van der Waals surface area contributed by atoms with Gasteiger partial charge < -0.3 is 4.74 Å². The summed E-state index contributed by atoms with van der Waals surface area (Å²) in [6.45, 7) is 3.88. The van der Waals surface area contributed by atoms with E-state index in [0.717, 1.165) is 21.6 Å². The van der Waals surface area contributed by atoms with Gasteiger partial charge in [-0.2, -0.15) is 0 Å².